The van der Waals surface area contributed by atoms with Crippen LogP contribution in [0.1, 0.15) is 24.1 Å². The predicted molar refractivity (Wildman–Crippen MR) is 125 cm³/mol. The molecule has 2 aromatic heterocycles. The first kappa shape index (κ1) is 21.1. The molecule has 0 saturated carbocycles. The van der Waals surface area contributed by atoms with Gasteiger partial charge in [0.05, 0.1) is 24.6 Å². The molecule has 1 aliphatic heterocycles. The largest absolute Gasteiger partial charge is 0.493 e. The number of carbonyl (C=O) groups is 1. The second kappa shape index (κ2) is 8.61. The average Bonchev–Trinajstić information content (AvgIpc) is 3.35. The van der Waals surface area contributed by atoms with E-state index in [1.165, 1.54) is 11.9 Å². The number of hydrogen-bond acceptors (Lipinski definition) is 6. The van der Waals surface area contributed by atoms with Crippen molar-refractivity contribution in [1.29, 1.82) is 0 Å². The fourth-order valence-corrected chi connectivity index (χ4v) is 4.22. The van der Waals surface area contributed by atoms with E-state index in [4.69, 9.17) is 14.2 Å². The number of ether oxygens (including phenoxy) is 3. The molecule has 4 aromatic rings. The number of benzene rings is 2. The molecule has 33 heavy (non-hydrogen) atoms. The molecular weight excluding hydrogens is 420 g/mol. The summed E-state index contributed by atoms with van der Waals surface area (Å²) in [5.41, 5.74) is 4.09. The van der Waals surface area contributed by atoms with Gasteiger partial charge < -0.3 is 24.1 Å². The van der Waals surface area contributed by atoms with Crippen molar-refractivity contribution < 1.29 is 19.0 Å². The number of aromatic nitrogens is 3. The average molecular weight is 447 g/mol. The van der Waals surface area contributed by atoms with Crippen molar-refractivity contribution in [3.8, 4) is 23.1 Å². The molecule has 1 aliphatic rings. The Hall–Kier alpha value is -3.81. The van der Waals surface area contributed by atoms with E-state index in [0.717, 1.165) is 34.9 Å². The fourth-order valence-electron chi connectivity index (χ4n) is 4.22. The van der Waals surface area contributed by atoms with Gasteiger partial charge in [-0.3, -0.25) is 4.79 Å². The molecule has 1 amide bonds. The summed E-state index contributed by atoms with van der Waals surface area (Å²) in [5, 5.41) is 1.84. The van der Waals surface area contributed by atoms with Gasteiger partial charge in [0.2, 0.25) is 11.8 Å². The number of aryl methyl sites for hydroxylation is 2. The zero-order chi connectivity index (χ0) is 22.9. The van der Waals surface area contributed by atoms with Crippen molar-refractivity contribution >= 4 is 27.7 Å². The summed E-state index contributed by atoms with van der Waals surface area (Å²) in [5.74, 6) is 2.45. The SMILES string of the molecule is COc1cc2c(Oc3ccc4[nH]c(C)c(C)c4c3)ncnc2cc1OCCN1CCCC1=O. The number of aromatic amines is 1. The molecule has 0 radical (unpaired) electrons. The van der Waals surface area contributed by atoms with Crippen LogP contribution in [0.15, 0.2) is 36.7 Å². The van der Waals surface area contributed by atoms with Crippen LogP contribution in [0.4, 0.5) is 0 Å². The van der Waals surface area contributed by atoms with Crippen LogP contribution in [0.25, 0.3) is 21.8 Å². The van der Waals surface area contributed by atoms with E-state index in [-0.39, 0.29) is 5.91 Å². The summed E-state index contributed by atoms with van der Waals surface area (Å²) in [4.78, 5) is 25.7. The third-order valence-electron chi connectivity index (χ3n) is 6.17. The quantitative estimate of drug-likeness (QED) is 0.449. The highest BCUT2D eigenvalue weighted by molar-refractivity contribution is 5.88. The number of nitrogens with zero attached hydrogens (tertiary/aromatic N) is 3. The van der Waals surface area contributed by atoms with Crippen LogP contribution >= 0.6 is 0 Å². The Morgan fingerprint density at radius 1 is 1.09 bits per heavy atom. The van der Waals surface area contributed by atoms with E-state index in [1.54, 1.807) is 7.11 Å². The van der Waals surface area contributed by atoms with Gasteiger partial charge in [-0.15, -0.1) is 0 Å². The van der Waals surface area contributed by atoms with E-state index in [1.807, 2.05) is 35.2 Å². The monoisotopic (exact) mass is 446 g/mol. The molecule has 8 heteroatoms. The van der Waals surface area contributed by atoms with Crippen LogP contribution in [0.2, 0.25) is 0 Å². The molecule has 170 valence electrons. The highest BCUT2D eigenvalue weighted by atomic mass is 16.5. The number of likely N-dealkylation sites (tertiary alicyclic amines) is 1. The number of methoxy groups -OCH3 is 1. The number of hydrogen-bond donors (Lipinski definition) is 1. The number of rotatable bonds is 7. The Morgan fingerprint density at radius 2 is 1.97 bits per heavy atom. The van der Waals surface area contributed by atoms with Gasteiger partial charge in [0.25, 0.3) is 0 Å². The molecule has 3 heterocycles. The number of nitrogens with one attached hydrogen (secondary N) is 1. The lowest BCUT2D eigenvalue weighted by Crippen LogP contribution is -2.29. The lowest BCUT2D eigenvalue weighted by atomic mass is 10.1. The van der Waals surface area contributed by atoms with Crippen LogP contribution in [0.3, 0.4) is 0 Å². The highest BCUT2D eigenvalue weighted by Crippen LogP contribution is 2.36. The Balaban J connectivity index is 1.41. The Kier molecular flexibility index (Phi) is 5.50. The van der Waals surface area contributed by atoms with E-state index in [2.05, 4.69) is 28.8 Å². The first-order valence-electron chi connectivity index (χ1n) is 11.0. The lowest BCUT2D eigenvalue weighted by Gasteiger charge is -2.17. The first-order chi connectivity index (χ1) is 16.0. The summed E-state index contributed by atoms with van der Waals surface area (Å²) < 4.78 is 17.7. The summed E-state index contributed by atoms with van der Waals surface area (Å²) in [6.45, 7) is 5.88. The van der Waals surface area contributed by atoms with Crippen molar-refractivity contribution in [2.45, 2.75) is 26.7 Å². The number of fused-ring (bicyclic) bond motifs is 2. The van der Waals surface area contributed by atoms with E-state index in [0.29, 0.717) is 48.2 Å². The Labute approximate surface area is 191 Å². The van der Waals surface area contributed by atoms with Crippen molar-refractivity contribution in [3.05, 3.63) is 47.9 Å². The highest BCUT2D eigenvalue weighted by Gasteiger charge is 2.20. The molecule has 0 spiro atoms. The maximum atomic E-state index is 11.8. The normalized spacial score (nSPS) is 13.8. The number of carbonyl (C=O) groups excluding carboxylic acids is 1. The third-order valence-corrected chi connectivity index (χ3v) is 6.17. The van der Waals surface area contributed by atoms with Crippen LogP contribution in [-0.4, -0.2) is 52.6 Å². The molecule has 8 nitrogen and oxygen atoms in total. The second-order valence-electron chi connectivity index (χ2n) is 8.22. The first-order valence-corrected chi connectivity index (χ1v) is 11.0. The fraction of sp³-hybridized carbons (Fsp3) is 0.320. The predicted octanol–water partition coefficient (Wildman–Crippen LogP) is 4.53. The molecule has 1 N–H and O–H groups in total. The van der Waals surface area contributed by atoms with Crippen LogP contribution in [0.5, 0.6) is 23.1 Å². The zero-order valence-corrected chi connectivity index (χ0v) is 19.0. The molecule has 1 fully saturated rings. The van der Waals surface area contributed by atoms with Gasteiger partial charge in [0.15, 0.2) is 11.5 Å². The van der Waals surface area contributed by atoms with Crippen LogP contribution in [0, 0.1) is 13.8 Å². The van der Waals surface area contributed by atoms with Crippen molar-refractivity contribution in [2.75, 3.05) is 26.8 Å². The van der Waals surface area contributed by atoms with Crippen molar-refractivity contribution in [1.82, 2.24) is 19.9 Å². The Bertz CT molecular complexity index is 1350. The summed E-state index contributed by atoms with van der Waals surface area (Å²) in [6, 6.07) is 9.57. The summed E-state index contributed by atoms with van der Waals surface area (Å²) in [6.07, 6.45) is 3.00. The zero-order valence-electron chi connectivity index (χ0n) is 19.0. The van der Waals surface area contributed by atoms with E-state index in [9.17, 15) is 4.79 Å². The topological polar surface area (TPSA) is 89.6 Å². The minimum Gasteiger partial charge on any atom is -0.493 e. The molecule has 0 bridgehead atoms. The molecular formula is C25H26N4O4. The van der Waals surface area contributed by atoms with Gasteiger partial charge in [-0.2, -0.15) is 0 Å². The molecule has 0 aliphatic carbocycles. The maximum absolute atomic E-state index is 11.8. The van der Waals surface area contributed by atoms with Crippen molar-refractivity contribution in [3.63, 3.8) is 0 Å². The van der Waals surface area contributed by atoms with Gasteiger partial charge >= 0.3 is 0 Å². The minimum absolute atomic E-state index is 0.182. The molecule has 2 aromatic carbocycles. The van der Waals surface area contributed by atoms with E-state index >= 15 is 0 Å². The minimum atomic E-state index is 0.182. The van der Waals surface area contributed by atoms with Gasteiger partial charge in [0.1, 0.15) is 18.7 Å². The summed E-state index contributed by atoms with van der Waals surface area (Å²) >= 11 is 0. The lowest BCUT2D eigenvalue weighted by molar-refractivity contribution is -0.128. The molecule has 1 saturated heterocycles. The summed E-state index contributed by atoms with van der Waals surface area (Å²) in [7, 11) is 1.59. The van der Waals surface area contributed by atoms with Crippen LogP contribution < -0.4 is 14.2 Å². The second-order valence-corrected chi connectivity index (χ2v) is 8.22. The van der Waals surface area contributed by atoms with Gasteiger partial charge in [-0.05, 0) is 50.1 Å². The standard InChI is InChI=1S/C25H26N4O4/c1-15-16(2)28-20-7-6-17(11-18(15)20)33-25-19-12-22(31-3)23(13-21(19)26-14-27-25)32-10-9-29-8-4-5-24(29)30/h6-7,11-14,28H,4-5,8-10H2,1-3H3. The number of amides is 1. The Morgan fingerprint density at radius 3 is 2.76 bits per heavy atom. The van der Waals surface area contributed by atoms with Crippen LogP contribution in [-0.2, 0) is 4.79 Å². The number of H-pyrrole nitrogens is 1. The van der Waals surface area contributed by atoms with Crippen molar-refractivity contribution in [2.24, 2.45) is 0 Å². The van der Waals surface area contributed by atoms with E-state index < -0.39 is 0 Å². The smallest absolute Gasteiger partial charge is 0.230 e. The molecule has 0 atom stereocenters. The molecule has 0 unspecified atom stereocenters. The maximum Gasteiger partial charge on any atom is 0.230 e. The van der Waals surface area contributed by atoms with Gasteiger partial charge in [-0.1, -0.05) is 0 Å². The van der Waals surface area contributed by atoms with Gasteiger partial charge in [-0.25, -0.2) is 9.97 Å². The van der Waals surface area contributed by atoms with Gasteiger partial charge in [0, 0.05) is 35.6 Å². The third kappa shape index (κ3) is 4.04. The molecule has 5 rings (SSSR count).